The van der Waals surface area contributed by atoms with Crippen molar-refractivity contribution in [3.05, 3.63) is 29.8 Å². The Morgan fingerprint density at radius 1 is 1.29 bits per heavy atom. The summed E-state index contributed by atoms with van der Waals surface area (Å²) in [6.07, 6.45) is 1.01. The van der Waals surface area contributed by atoms with Gasteiger partial charge < -0.3 is 0 Å². The Labute approximate surface area is 84.5 Å². The summed E-state index contributed by atoms with van der Waals surface area (Å²) in [5.74, 6) is 0.408. The number of hydrogen-bond acceptors (Lipinski definition) is 2. The molecule has 0 aliphatic carbocycles. The lowest BCUT2D eigenvalue weighted by Gasteiger charge is -2.08. The maximum atomic E-state index is 10.7. The summed E-state index contributed by atoms with van der Waals surface area (Å²) in [5, 5.41) is 0. The van der Waals surface area contributed by atoms with Crippen molar-refractivity contribution in [1.82, 2.24) is 0 Å². The zero-order valence-corrected chi connectivity index (χ0v) is 9.08. The molecule has 78 valence electrons. The van der Waals surface area contributed by atoms with E-state index in [0.29, 0.717) is 5.92 Å². The molecule has 14 heavy (non-hydrogen) atoms. The van der Waals surface area contributed by atoms with Crippen LogP contribution < -0.4 is 0 Å². The van der Waals surface area contributed by atoms with Gasteiger partial charge in [0.05, 0.1) is 4.90 Å². The Hall–Kier alpha value is -0.870. The van der Waals surface area contributed by atoms with Crippen molar-refractivity contribution in [3.8, 4) is 0 Å². The molecule has 1 aromatic rings. The molecule has 0 heterocycles. The molecule has 0 aliphatic heterocycles. The number of hydrogen-bond donors (Lipinski definition) is 1. The van der Waals surface area contributed by atoms with Gasteiger partial charge >= 0.3 is 0 Å². The SMILES string of the molecule is CC[C@@H](C)c1ccc(S(=O)(=O)O)cc1. The fraction of sp³-hybridized carbons (Fsp3) is 0.400. The van der Waals surface area contributed by atoms with Crippen LogP contribution in [0.25, 0.3) is 0 Å². The molecular weight excluding hydrogens is 200 g/mol. The second-order valence-corrected chi connectivity index (χ2v) is 4.77. The lowest BCUT2D eigenvalue weighted by molar-refractivity contribution is 0.483. The van der Waals surface area contributed by atoms with Crippen molar-refractivity contribution >= 4 is 10.1 Å². The third-order valence-electron chi connectivity index (χ3n) is 2.36. The fourth-order valence-corrected chi connectivity index (χ4v) is 1.68. The van der Waals surface area contributed by atoms with E-state index >= 15 is 0 Å². The standard InChI is InChI=1S/C10H14O3S/c1-3-8(2)9-4-6-10(7-5-9)14(11,12)13/h4-8H,3H2,1-2H3,(H,11,12,13)/t8-/m1/s1. The molecule has 0 spiro atoms. The van der Waals surface area contributed by atoms with Crippen molar-refractivity contribution < 1.29 is 13.0 Å². The lowest BCUT2D eigenvalue weighted by atomic mass is 9.99. The Kier molecular flexibility index (Phi) is 3.29. The van der Waals surface area contributed by atoms with Gasteiger partial charge in [-0.3, -0.25) is 4.55 Å². The van der Waals surface area contributed by atoms with Gasteiger partial charge in [0.25, 0.3) is 10.1 Å². The van der Waals surface area contributed by atoms with Gasteiger partial charge in [-0.2, -0.15) is 8.42 Å². The van der Waals surface area contributed by atoms with E-state index in [2.05, 4.69) is 13.8 Å². The summed E-state index contributed by atoms with van der Waals surface area (Å²) < 4.78 is 30.2. The fourth-order valence-electron chi connectivity index (χ4n) is 1.20. The molecule has 0 amide bonds. The van der Waals surface area contributed by atoms with E-state index in [4.69, 9.17) is 4.55 Å². The van der Waals surface area contributed by atoms with Gasteiger partial charge in [-0.05, 0) is 30.0 Å². The van der Waals surface area contributed by atoms with Crippen LogP contribution in [0.5, 0.6) is 0 Å². The maximum Gasteiger partial charge on any atom is 0.294 e. The van der Waals surface area contributed by atoms with Crippen molar-refractivity contribution in [3.63, 3.8) is 0 Å². The number of rotatable bonds is 3. The maximum absolute atomic E-state index is 10.7. The quantitative estimate of drug-likeness (QED) is 0.786. The van der Waals surface area contributed by atoms with Crippen LogP contribution in [0.4, 0.5) is 0 Å². The summed E-state index contributed by atoms with van der Waals surface area (Å²) in [6.45, 7) is 4.14. The van der Waals surface area contributed by atoms with Gasteiger partial charge in [0.15, 0.2) is 0 Å². The van der Waals surface area contributed by atoms with Gasteiger partial charge in [-0.1, -0.05) is 26.0 Å². The molecule has 0 bridgehead atoms. The topological polar surface area (TPSA) is 54.4 Å². The molecule has 4 heteroatoms. The summed E-state index contributed by atoms with van der Waals surface area (Å²) in [7, 11) is -4.05. The van der Waals surface area contributed by atoms with Gasteiger partial charge in [-0.15, -0.1) is 0 Å². The molecule has 0 radical (unpaired) electrons. The zero-order chi connectivity index (χ0) is 10.8. The van der Waals surface area contributed by atoms with Crippen molar-refractivity contribution in [2.75, 3.05) is 0 Å². The van der Waals surface area contributed by atoms with E-state index in [1.165, 1.54) is 12.1 Å². The Morgan fingerprint density at radius 3 is 2.14 bits per heavy atom. The predicted molar refractivity (Wildman–Crippen MR) is 55.0 cm³/mol. The second-order valence-electron chi connectivity index (χ2n) is 3.35. The largest absolute Gasteiger partial charge is 0.294 e. The zero-order valence-electron chi connectivity index (χ0n) is 8.27. The van der Waals surface area contributed by atoms with Gasteiger partial charge in [0.1, 0.15) is 0 Å². The van der Waals surface area contributed by atoms with E-state index in [-0.39, 0.29) is 4.90 Å². The van der Waals surface area contributed by atoms with Crippen molar-refractivity contribution in [1.29, 1.82) is 0 Å². The molecule has 0 unspecified atom stereocenters. The smallest absolute Gasteiger partial charge is 0.282 e. The number of benzene rings is 1. The molecule has 1 atom stereocenters. The average molecular weight is 214 g/mol. The van der Waals surface area contributed by atoms with E-state index in [1.807, 2.05) is 0 Å². The molecule has 0 aliphatic rings. The first kappa shape index (κ1) is 11.2. The molecule has 3 nitrogen and oxygen atoms in total. The average Bonchev–Trinajstić information content (AvgIpc) is 2.15. The molecule has 1 rings (SSSR count). The van der Waals surface area contributed by atoms with E-state index < -0.39 is 10.1 Å². The normalized spacial score (nSPS) is 13.9. The minimum atomic E-state index is -4.05. The van der Waals surface area contributed by atoms with E-state index in [0.717, 1.165) is 12.0 Å². The highest BCUT2D eigenvalue weighted by Crippen LogP contribution is 2.20. The predicted octanol–water partition coefficient (Wildman–Crippen LogP) is 2.45. The minimum Gasteiger partial charge on any atom is -0.282 e. The molecule has 0 saturated heterocycles. The van der Waals surface area contributed by atoms with Crippen LogP contribution in [0.1, 0.15) is 31.7 Å². The van der Waals surface area contributed by atoms with E-state index in [1.54, 1.807) is 12.1 Å². The van der Waals surface area contributed by atoms with Gasteiger partial charge in [0, 0.05) is 0 Å². The van der Waals surface area contributed by atoms with Crippen LogP contribution in [-0.4, -0.2) is 13.0 Å². The van der Waals surface area contributed by atoms with Gasteiger partial charge in [0.2, 0.25) is 0 Å². The molecule has 1 aromatic carbocycles. The van der Waals surface area contributed by atoms with Crippen LogP contribution in [0.3, 0.4) is 0 Å². The lowest BCUT2D eigenvalue weighted by Crippen LogP contribution is -1.98. The Morgan fingerprint density at radius 2 is 1.79 bits per heavy atom. The summed E-state index contributed by atoms with van der Waals surface area (Å²) in [5.41, 5.74) is 1.08. The van der Waals surface area contributed by atoms with Crippen LogP contribution in [0.15, 0.2) is 29.2 Å². The monoisotopic (exact) mass is 214 g/mol. The van der Waals surface area contributed by atoms with Crippen molar-refractivity contribution in [2.45, 2.75) is 31.1 Å². The highest BCUT2D eigenvalue weighted by Gasteiger charge is 2.09. The summed E-state index contributed by atoms with van der Waals surface area (Å²) >= 11 is 0. The summed E-state index contributed by atoms with van der Waals surface area (Å²) in [4.78, 5) is -0.0513. The Bertz CT molecular complexity index is 392. The summed E-state index contributed by atoms with van der Waals surface area (Å²) in [6, 6.07) is 6.32. The first-order valence-corrected chi connectivity index (χ1v) is 5.96. The van der Waals surface area contributed by atoms with Crippen molar-refractivity contribution in [2.24, 2.45) is 0 Å². The first-order chi connectivity index (χ1) is 6.45. The third-order valence-corrected chi connectivity index (χ3v) is 3.23. The molecule has 0 aromatic heterocycles. The minimum absolute atomic E-state index is 0.0513. The van der Waals surface area contributed by atoms with Crippen LogP contribution in [0.2, 0.25) is 0 Å². The third kappa shape index (κ3) is 2.56. The highest BCUT2D eigenvalue weighted by molar-refractivity contribution is 7.85. The molecular formula is C10H14O3S. The van der Waals surface area contributed by atoms with E-state index in [9.17, 15) is 8.42 Å². The van der Waals surface area contributed by atoms with Crippen LogP contribution in [0, 0.1) is 0 Å². The van der Waals surface area contributed by atoms with Gasteiger partial charge in [-0.25, -0.2) is 0 Å². The Balaban J connectivity index is 3.01. The molecule has 0 saturated carbocycles. The second kappa shape index (κ2) is 4.11. The van der Waals surface area contributed by atoms with Crippen LogP contribution >= 0.6 is 0 Å². The molecule has 1 N–H and O–H groups in total. The highest BCUT2D eigenvalue weighted by atomic mass is 32.2. The first-order valence-electron chi connectivity index (χ1n) is 4.52. The molecule has 0 fully saturated rings. The van der Waals surface area contributed by atoms with Crippen LogP contribution in [-0.2, 0) is 10.1 Å².